The minimum Gasteiger partial charge on any atom is -0.393 e. The number of aliphatic hydroxyl groups excluding tert-OH is 2. The van der Waals surface area contributed by atoms with E-state index in [9.17, 15) is 20.1 Å². The van der Waals surface area contributed by atoms with E-state index >= 15 is 0 Å². The van der Waals surface area contributed by atoms with E-state index < -0.39 is 18.8 Å². The first-order valence-electron chi connectivity index (χ1n) is 10.9. The van der Waals surface area contributed by atoms with E-state index in [0.717, 1.165) is 23.2 Å². The van der Waals surface area contributed by atoms with Crippen LogP contribution in [0.5, 0.6) is 0 Å². The molecule has 1 saturated heterocycles. The van der Waals surface area contributed by atoms with Crippen molar-refractivity contribution in [3.63, 3.8) is 0 Å². The molecule has 1 aliphatic heterocycles. The fourth-order valence-electron chi connectivity index (χ4n) is 3.90. The number of unbranched alkanes of at least 4 members (excludes halogenated alkanes) is 1. The molecule has 168 valence electrons. The molecule has 5 nitrogen and oxygen atoms in total. The summed E-state index contributed by atoms with van der Waals surface area (Å²) in [4.78, 5) is 14.2. The standard InChI is InChI=1S/C25H33NO4S/c1-31-15-3-2-4-19-7-11-22(12-8-19)26-23(16-24(26)29)21-9-5-20(6-10-21)13-14-25(30,17-27)18-28/h5-12,23,27-28,30H,2-4,13-18H2,1H3. The van der Waals surface area contributed by atoms with Crippen molar-refractivity contribution in [2.75, 3.05) is 30.1 Å². The van der Waals surface area contributed by atoms with E-state index in [2.05, 4.69) is 18.4 Å². The fourth-order valence-corrected chi connectivity index (χ4v) is 4.39. The summed E-state index contributed by atoms with van der Waals surface area (Å²) >= 11 is 1.88. The Morgan fingerprint density at radius 2 is 1.58 bits per heavy atom. The van der Waals surface area contributed by atoms with E-state index in [1.54, 1.807) is 0 Å². The van der Waals surface area contributed by atoms with Crippen LogP contribution in [0.3, 0.4) is 0 Å². The summed E-state index contributed by atoms with van der Waals surface area (Å²) < 4.78 is 0. The van der Waals surface area contributed by atoms with Crippen LogP contribution < -0.4 is 4.90 Å². The van der Waals surface area contributed by atoms with Crippen LogP contribution in [0.2, 0.25) is 0 Å². The second-order valence-electron chi connectivity index (χ2n) is 8.38. The van der Waals surface area contributed by atoms with Gasteiger partial charge in [-0.05, 0) is 72.9 Å². The molecule has 31 heavy (non-hydrogen) atoms. The number of carbonyl (C=O) groups is 1. The molecule has 3 N–H and O–H groups in total. The number of rotatable bonds is 12. The predicted octanol–water partition coefficient (Wildman–Crippen LogP) is 3.50. The Balaban J connectivity index is 1.60. The van der Waals surface area contributed by atoms with Crippen molar-refractivity contribution in [3.05, 3.63) is 65.2 Å². The molecule has 1 atom stereocenters. The monoisotopic (exact) mass is 443 g/mol. The number of hydrogen-bond acceptors (Lipinski definition) is 5. The molecule has 2 aromatic rings. The first kappa shape index (κ1) is 23.8. The quantitative estimate of drug-likeness (QED) is 0.346. The SMILES string of the molecule is CSCCCCc1ccc(N2C(=O)CC2c2ccc(CCC(O)(CO)CO)cc2)cc1. The van der Waals surface area contributed by atoms with Gasteiger partial charge in [-0.3, -0.25) is 4.79 Å². The van der Waals surface area contributed by atoms with Crippen molar-refractivity contribution in [2.24, 2.45) is 0 Å². The van der Waals surface area contributed by atoms with Crippen molar-refractivity contribution in [2.45, 2.75) is 50.2 Å². The molecule has 0 aliphatic carbocycles. The maximum atomic E-state index is 12.3. The summed E-state index contributed by atoms with van der Waals surface area (Å²) in [5.41, 5.74) is 2.91. The molecule has 0 radical (unpaired) electrons. The number of thioether (sulfide) groups is 1. The first-order valence-corrected chi connectivity index (χ1v) is 12.3. The number of aryl methyl sites for hydroxylation is 2. The Morgan fingerprint density at radius 3 is 2.16 bits per heavy atom. The molecule has 6 heteroatoms. The van der Waals surface area contributed by atoms with E-state index in [0.29, 0.717) is 12.8 Å². The molecular weight excluding hydrogens is 410 g/mol. The molecule has 1 aliphatic rings. The zero-order valence-electron chi connectivity index (χ0n) is 18.2. The van der Waals surface area contributed by atoms with Crippen LogP contribution in [0, 0.1) is 0 Å². The van der Waals surface area contributed by atoms with Gasteiger partial charge in [0.2, 0.25) is 5.91 Å². The Labute approximate surface area is 189 Å². The third-order valence-electron chi connectivity index (χ3n) is 6.06. The Bertz CT molecular complexity index is 834. The molecule has 1 amide bonds. The fraction of sp³-hybridized carbons (Fsp3) is 0.480. The van der Waals surface area contributed by atoms with Gasteiger partial charge in [0, 0.05) is 5.69 Å². The van der Waals surface area contributed by atoms with Crippen molar-refractivity contribution in [3.8, 4) is 0 Å². The van der Waals surface area contributed by atoms with Gasteiger partial charge >= 0.3 is 0 Å². The second kappa shape index (κ2) is 11.1. The number of amides is 1. The highest BCUT2D eigenvalue weighted by molar-refractivity contribution is 7.98. The molecule has 1 fully saturated rings. The Morgan fingerprint density at radius 1 is 0.968 bits per heavy atom. The molecule has 0 saturated carbocycles. The highest BCUT2D eigenvalue weighted by Crippen LogP contribution is 2.39. The zero-order valence-corrected chi connectivity index (χ0v) is 19.0. The van der Waals surface area contributed by atoms with Crippen molar-refractivity contribution < 1.29 is 20.1 Å². The first-order chi connectivity index (χ1) is 15.0. The Hall–Kier alpha value is -1.86. The number of carbonyl (C=O) groups excluding carboxylic acids is 1. The molecular formula is C25H33NO4S. The Kier molecular flexibility index (Phi) is 8.55. The molecule has 0 aromatic heterocycles. The molecule has 3 rings (SSSR count). The highest BCUT2D eigenvalue weighted by atomic mass is 32.2. The number of nitrogens with zero attached hydrogens (tertiary/aromatic N) is 1. The molecule has 0 spiro atoms. The summed E-state index contributed by atoms with van der Waals surface area (Å²) in [6.45, 7) is -0.922. The maximum Gasteiger partial charge on any atom is 0.230 e. The van der Waals surface area contributed by atoms with Crippen molar-refractivity contribution in [1.82, 2.24) is 0 Å². The lowest BCUT2D eigenvalue weighted by Crippen LogP contribution is -2.46. The number of benzene rings is 2. The van der Waals surface area contributed by atoms with Gasteiger partial charge in [-0.25, -0.2) is 0 Å². The molecule has 2 aromatic carbocycles. The summed E-state index contributed by atoms with van der Waals surface area (Å²) in [5, 5.41) is 28.4. The van der Waals surface area contributed by atoms with Gasteiger partial charge in [-0.15, -0.1) is 0 Å². The number of anilines is 1. The smallest absolute Gasteiger partial charge is 0.230 e. The minimum atomic E-state index is -1.45. The van der Waals surface area contributed by atoms with Crippen LogP contribution in [-0.4, -0.2) is 52.1 Å². The predicted molar refractivity (Wildman–Crippen MR) is 126 cm³/mol. The van der Waals surface area contributed by atoms with Crippen molar-refractivity contribution in [1.29, 1.82) is 0 Å². The largest absolute Gasteiger partial charge is 0.393 e. The van der Waals surface area contributed by atoms with Crippen LogP contribution in [0.1, 0.15) is 48.4 Å². The van der Waals surface area contributed by atoms with Gasteiger partial charge in [0.05, 0.1) is 25.7 Å². The van der Waals surface area contributed by atoms with Gasteiger partial charge in [0.1, 0.15) is 5.60 Å². The van der Waals surface area contributed by atoms with Crippen LogP contribution in [0.25, 0.3) is 0 Å². The summed E-state index contributed by atoms with van der Waals surface area (Å²) in [5.74, 6) is 1.34. The third kappa shape index (κ3) is 6.10. The van der Waals surface area contributed by atoms with Crippen molar-refractivity contribution >= 4 is 23.4 Å². The number of β-lactam (4-membered cyclic amide) rings is 1. The van der Waals surface area contributed by atoms with Gasteiger partial charge < -0.3 is 20.2 Å². The van der Waals surface area contributed by atoms with Gasteiger partial charge in [-0.2, -0.15) is 11.8 Å². The van der Waals surface area contributed by atoms with Gasteiger partial charge in [-0.1, -0.05) is 36.4 Å². The summed E-state index contributed by atoms with van der Waals surface area (Å²) in [6, 6.07) is 16.4. The zero-order chi connectivity index (χ0) is 22.3. The van der Waals surface area contributed by atoms with E-state index in [1.165, 1.54) is 24.2 Å². The van der Waals surface area contributed by atoms with Gasteiger partial charge in [0.15, 0.2) is 0 Å². The summed E-state index contributed by atoms with van der Waals surface area (Å²) in [6.07, 6.45) is 6.97. The normalized spacial score (nSPS) is 16.5. The molecule has 1 heterocycles. The third-order valence-corrected chi connectivity index (χ3v) is 6.76. The molecule has 1 unspecified atom stereocenters. The van der Waals surface area contributed by atoms with Crippen LogP contribution in [0.15, 0.2) is 48.5 Å². The topological polar surface area (TPSA) is 81.0 Å². The lowest BCUT2D eigenvalue weighted by atomic mass is 9.91. The second-order valence-corrected chi connectivity index (χ2v) is 9.37. The highest BCUT2D eigenvalue weighted by Gasteiger charge is 2.38. The average molecular weight is 444 g/mol. The average Bonchev–Trinajstić information content (AvgIpc) is 2.80. The molecule has 0 bridgehead atoms. The number of hydrogen-bond donors (Lipinski definition) is 3. The van der Waals surface area contributed by atoms with Crippen LogP contribution in [-0.2, 0) is 17.6 Å². The van der Waals surface area contributed by atoms with E-state index in [4.69, 9.17) is 0 Å². The van der Waals surface area contributed by atoms with Gasteiger partial charge in [0.25, 0.3) is 0 Å². The maximum absolute atomic E-state index is 12.3. The summed E-state index contributed by atoms with van der Waals surface area (Å²) in [7, 11) is 0. The lowest BCUT2D eigenvalue weighted by molar-refractivity contribution is -0.124. The van der Waals surface area contributed by atoms with Crippen LogP contribution in [0.4, 0.5) is 5.69 Å². The van der Waals surface area contributed by atoms with Crippen LogP contribution >= 0.6 is 11.8 Å². The van der Waals surface area contributed by atoms with E-state index in [-0.39, 0.29) is 18.4 Å². The number of aliphatic hydroxyl groups is 3. The minimum absolute atomic E-state index is 0.0424. The lowest BCUT2D eigenvalue weighted by Gasteiger charge is -2.41. The van der Waals surface area contributed by atoms with E-state index in [1.807, 2.05) is 53.1 Å².